The average molecular weight is 294 g/mol. The largest absolute Gasteiger partial charge is 0.467 e. The number of esters is 1. The van der Waals surface area contributed by atoms with Gasteiger partial charge < -0.3 is 4.74 Å². The van der Waals surface area contributed by atoms with Gasteiger partial charge in [-0.3, -0.25) is 10.3 Å². The molecule has 0 amide bonds. The molecule has 1 unspecified atom stereocenters. The van der Waals surface area contributed by atoms with E-state index >= 15 is 0 Å². The fraction of sp³-hybridized carbons (Fsp3) is 0.286. The first-order valence-corrected chi connectivity index (χ1v) is 6.92. The summed E-state index contributed by atoms with van der Waals surface area (Å²) in [7, 11) is 1.32. The summed E-state index contributed by atoms with van der Waals surface area (Å²) in [5.41, 5.74) is -0.700. The molecule has 0 saturated heterocycles. The molecule has 2 aromatic rings. The van der Waals surface area contributed by atoms with E-state index in [-0.39, 0.29) is 0 Å². The van der Waals surface area contributed by atoms with E-state index in [0.29, 0.717) is 12.2 Å². The van der Waals surface area contributed by atoms with Crippen molar-refractivity contribution in [1.29, 1.82) is 0 Å². The van der Waals surface area contributed by atoms with Gasteiger partial charge in [0.2, 0.25) is 0 Å². The van der Waals surface area contributed by atoms with Gasteiger partial charge in [-0.15, -0.1) is 11.3 Å². The highest BCUT2D eigenvalue weighted by Gasteiger charge is 2.37. The Morgan fingerprint density at radius 2 is 2.30 bits per heavy atom. The Morgan fingerprint density at radius 1 is 1.50 bits per heavy atom. The maximum absolute atomic E-state index is 13.0. The molecule has 0 radical (unpaired) electrons. The van der Waals surface area contributed by atoms with Crippen LogP contribution in [0.25, 0.3) is 0 Å². The van der Waals surface area contributed by atoms with E-state index < -0.39 is 17.3 Å². The SMILES string of the molecule is COC(=O)C(C)(NCc1cccs1)c1ccc(F)cn1. The van der Waals surface area contributed by atoms with Crippen LogP contribution in [0.1, 0.15) is 17.5 Å². The van der Waals surface area contributed by atoms with Gasteiger partial charge in [0.15, 0.2) is 5.54 Å². The molecule has 0 bridgehead atoms. The first kappa shape index (κ1) is 14.6. The quantitative estimate of drug-likeness (QED) is 0.861. The Bertz CT molecular complexity index is 571. The van der Waals surface area contributed by atoms with Crippen LogP contribution in [0, 0.1) is 5.82 Å². The predicted molar refractivity (Wildman–Crippen MR) is 74.7 cm³/mol. The number of hydrogen-bond donors (Lipinski definition) is 1. The number of rotatable bonds is 5. The molecule has 6 heteroatoms. The Kier molecular flexibility index (Phi) is 4.46. The lowest BCUT2D eigenvalue weighted by Crippen LogP contribution is -2.47. The molecule has 1 atom stereocenters. The van der Waals surface area contributed by atoms with Crippen molar-refractivity contribution in [2.45, 2.75) is 19.0 Å². The first-order chi connectivity index (χ1) is 9.56. The van der Waals surface area contributed by atoms with Gasteiger partial charge in [-0.2, -0.15) is 0 Å². The Labute approximate surface area is 120 Å². The van der Waals surface area contributed by atoms with Gasteiger partial charge in [0.25, 0.3) is 0 Å². The molecule has 106 valence electrons. The molecule has 0 aromatic carbocycles. The minimum absolute atomic E-state index is 0.419. The third kappa shape index (κ3) is 3.02. The van der Waals surface area contributed by atoms with Gasteiger partial charge in [0.05, 0.1) is 19.0 Å². The molecule has 0 aliphatic heterocycles. The van der Waals surface area contributed by atoms with E-state index in [4.69, 9.17) is 4.74 Å². The second kappa shape index (κ2) is 6.11. The second-order valence-corrected chi connectivity index (χ2v) is 5.44. The summed E-state index contributed by atoms with van der Waals surface area (Å²) in [6, 6.07) is 6.66. The van der Waals surface area contributed by atoms with E-state index in [0.717, 1.165) is 11.1 Å². The summed E-state index contributed by atoms with van der Waals surface area (Å²) in [5, 5.41) is 5.10. The van der Waals surface area contributed by atoms with E-state index in [2.05, 4.69) is 10.3 Å². The van der Waals surface area contributed by atoms with Gasteiger partial charge in [-0.05, 0) is 30.5 Å². The summed E-state index contributed by atoms with van der Waals surface area (Å²) in [6.45, 7) is 2.18. The first-order valence-electron chi connectivity index (χ1n) is 6.04. The lowest BCUT2D eigenvalue weighted by molar-refractivity contribution is -0.148. The summed E-state index contributed by atoms with van der Waals surface area (Å²) in [5.74, 6) is -0.910. The number of nitrogens with zero attached hydrogens (tertiary/aromatic N) is 1. The van der Waals surface area contributed by atoms with Crippen LogP contribution >= 0.6 is 11.3 Å². The topological polar surface area (TPSA) is 51.2 Å². The average Bonchev–Trinajstić information content (AvgIpc) is 2.98. The number of halogens is 1. The molecule has 0 saturated carbocycles. The molecule has 0 spiro atoms. The predicted octanol–water partition coefficient (Wildman–Crippen LogP) is 2.46. The molecular weight excluding hydrogens is 279 g/mol. The van der Waals surface area contributed by atoms with E-state index in [9.17, 15) is 9.18 Å². The van der Waals surface area contributed by atoms with Crippen LogP contribution in [0.2, 0.25) is 0 Å². The molecule has 20 heavy (non-hydrogen) atoms. The lowest BCUT2D eigenvalue weighted by Gasteiger charge is -2.27. The molecule has 0 fully saturated rings. The third-order valence-electron chi connectivity index (χ3n) is 3.03. The number of hydrogen-bond acceptors (Lipinski definition) is 5. The maximum atomic E-state index is 13.0. The summed E-state index contributed by atoms with van der Waals surface area (Å²) < 4.78 is 17.8. The van der Waals surface area contributed by atoms with E-state index in [1.165, 1.54) is 19.2 Å². The number of carbonyl (C=O) groups excluding carboxylic acids is 1. The number of nitrogens with one attached hydrogen (secondary N) is 1. The van der Waals surface area contributed by atoms with E-state index in [1.807, 2.05) is 17.5 Å². The highest BCUT2D eigenvalue weighted by Crippen LogP contribution is 2.22. The van der Waals surface area contributed by atoms with Gasteiger partial charge >= 0.3 is 5.97 Å². The minimum atomic E-state index is -1.12. The van der Waals surface area contributed by atoms with Gasteiger partial charge in [0, 0.05) is 11.4 Å². The van der Waals surface area contributed by atoms with Crippen LogP contribution in [0.4, 0.5) is 4.39 Å². The zero-order valence-electron chi connectivity index (χ0n) is 11.2. The van der Waals surface area contributed by atoms with Crippen LogP contribution in [0.3, 0.4) is 0 Å². The Morgan fingerprint density at radius 3 is 2.85 bits per heavy atom. The molecule has 0 aliphatic carbocycles. The number of thiophene rings is 1. The molecule has 2 heterocycles. The Balaban J connectivity index is 2.25. The summed E-state index contributed by atoms with van der Waals surface area (Å²) in [6.07, 6.45) is 1.09. The van der Waals surface area contributed by atoms with Crippen molar-refractivity contribution in [3.8, 4) is 0 Å². The maximum Gasteiger partial charge on any atom is 0.332 e. The van der Waals surface area contributed by atoms with Crippen molar-refractivity contribution in [3.63, 3.8) is 0 Å². The van der Waals surface area contributed by atoms with Crippen LogP contribution in [0.15, 0.2) is 35.8 Å². The fourth-order valence-electron chi connectivity index (χ4n) is 1.82. The highest BCUT2D eigenvalue weighted by molar-refractivity contribution is 7.09. The monoisotopic (exact) mass is 294 g/mol. The molecule has 2 aromatic heterocycles. The number of methoxy groups -OCH3 is 1. The normalized spacial score (nSPS) is 13.8. The van der Waals surface area contributed by atoms with Gasteiger partial charge in [-0.25, -0.2) is 9.18 Å². The number of ether oxygens (including phenoxy) is 1. The van der Waals surface area contributed by atoms with Crippen LogP contribution < -0.4 is 5.32 Å². The van der Waals surface area contributed by atoms with Crippen molar-refractivity contribution < 1.29 is 13.9 Å². The Hall–Kier alpha value is -1.79. The van der Waals surface area contributed by atoms with Gasteiger partial charge in [-0.1, -0.05) is 6.07 Å². The summed E-state index contributed by atoms with van der Waals surface area (Å²) in [4.78, 5) is 17.1. The number of aromatic nitrogens is 1. The second-order valence-electron chi connectivity index (χ2n) is 4.41. The minimum Gasteiger partial charge on any atom is -0.467 e. The molecule has 1 N–H and O–H groups in total. The highest BCUT2D eigenvalue weighted by atomic mass is 32.1. The standard InChI is InChI=1S/C14H15FN2O2S/c1-14(13(18)19-2,12-6-5-10(15)8-16-12)17-9-11-4-3-7-20-11/h3-8,17H,9H2,1-2H3. The summed E-state index contributed by atoms with van der Waals surface area (Å²) >= 11 is 1.59. The zero-order chi connectivity index (χ0) is 14.6. The molecule has 0 aliphatic rings. The number of carbonyl (C=O) groups is 1. The van der Waals surface area contributed by atoms with Crippen molar-refractivity contribution in [2.75, 3.05) is 7.11 Å². The zero-order valence-corrected chi connectivity index (χ0v) is 12.0. The van der Waals surface area contributed by atoms with E-state index in [1.54, 1.807) is 18.3 Å². The fourth-order valence-corrected chi connectivity index (χ4v) is 2.46. The van der Waals surface area contributed by atoms with Crippen molar-refractivity contribution in [2.24, 2.45) is 0 Å². The van der Waals surface area contributed by atoms with Crippen molar-refractivity contribution in [1.82, 2.24) is 10.3 Å². The molecule has 2 rings (SSSR count). The van der Waals surface area contributed by atoms with Crippen LogP contribution in [-0.4, -0.2) is 18.1 Å². The third-order valence-corrected chi connectivity index (χ3v) is 3.91. The molecular formula is C14H15FN2O2S. The lowest BCUT2D eigenvalue weighted by atomic mass is 9.97. The smallest absolute Gasteiger partial charge is 0.332 e. The van der Waals surface area contributed by atoms with Crippen molar-refractivity contribution >= 4 is 17.3 Å². The van der Waals surface area contributed by atoms with Gasteiger partial charge in [0.1, 0.15) is 5.82 Å². The number of pyridine rings is 1. The molecule has 4 nitrogen and oxygen atoms in total. The van der Waals surface area contributed by atoms with Crippen LogP contribution in [-0.2, 0) is 21.6 Å². The van der Waals surface area contributed by atoms with Crippen LogP contribution in [0.5, 0.6) is 0 Å². The van der Waals surface area contributed by atoms with Crippen molar-refractivity contribution in [3.05, 3.63) is 52.2 Å².